The van der Waals surface area contributed by atoms with Crippen molar-refractivity contribution >= 4 is 11.8 Å². The topological polar surface area (TPSA) is 85.8 Å². The quantitative estimate of drug-likeness (QED) is 0.644. The van der Waals surface area contributed by atoms with Crippen molar-refractivity contribution in [3.63, 3.8) is 0 Å². The van der Waals surface area contributed by atoms with Gasteiger partial charge in [-0.3, -0.25) is 19.4 Å². The van der Waals surface area contributed by atoms with E-state index in [1.807, 2.05) is 9.80 Å². The van der Waals surface area contributed by atoms with Gasteiger partial charge in [0.25, 0.3) is 0 Å². The molecular weight excluding hydrogens is 424 g/mol. The molecule has 1 aromatic carbocycles. The molecule has 1 N–H and O–H groups in total. The molecule has 2 saturated heterocycles. The fraction of sp³-hybridized carbons (Fsp3) is 0.667. The average Bonchev–Trinajstić information content (AvgIpc) is 2.79. The SMILES string of the molecule is COc1cc(CC(=O)N2CCN(CC(=O)N3CCN(C4CCC4)CC3)CC2)cc(OC)c1O. The summed E-state index contributed by atoms with van der Waals surface area (Å²) >= 11 is 0. The second-order valence-electron chi connectivity index (χ2n) is 9.18. The van der Waals surface area contributed by atoms with Crippen LogP contribution < -0.4 is 9.47 Å². The summed E-state index contributed by atoms with van der Waals surface area (Å²) in [5.41, 5.74) is 0.727. The Labute approximate surface area is 195 Å². The minimum absolute atomic E-state index is 0.0166. The van der Waals surface area contributed by atoms with E-state index < -0.39 is 0 Å². The Morgan fingerprint density at radius 1 is 0.879 bits per heavy atom. The van der Waals surface area contributed by atoms with Gasteiger partial charge in [-0.15, -0.1) is 0 Å². The molecule has 1 aliphatic carbocycles. The van der Waals surface area contributed by atoms with Crippen molar-refractivity contribution in [1.29, 1.82) is 0 Å². The molecule has 182 valence electrons. The lowest BCUT2D eigenvalue weighted by atomic mass is 9.91. The van der Waals surface area contributed by atoms with Gasteiger partial charge in [-0.1, -0.05) is 6.42 Å². The highest BCUT2D eigenvalue weighted by molar-refractivity contribution is 5.80. The number of piperazine rings is 2. The van der Waals surface area contributed by atoms with Crippen molar-refractivity contribution in [3.8, 4) is 17.2 Å². The standard InChI is InChI=1S/C24H36N4O5/c1-32-20-14-18(15-21(33-2)24(20)31)16-22(29)27-8-6-25(7-9-27)17-23(30)28-12-10-26(11-13-28)19-4-3-5-19/h14-15,19,31H,3-13,16-17H2,1-2H3. The van der Waals surface area contributed by atoms with E-state index in [1.165, 1.54) is 33.5 Å². The number of phenols is 1. The van der Waals surface area contributed by atoms with Crippen molar-refractivity contribution in [2.75, 3.05) is 73.1 Å². The third-order valence-electron chi connectivity index (χ3n) is 7.24. The summed E-state index contributed by atoms with van der Waals surface area (Å²) in [4.78, 5) is 34.1. The Kier molecular flexibility index (Phi) is 7.60. The molecule has 0 bridgehead atoms. The number of methoxy groups -OCH3 is 2. The normalized spacial score (nSPS) is 20.4. The second-order valence-corrected chi connectivity index (χ2v) is 9.18. The van der Waals surface area contributed by atoms with E-state index in [4.69, 9.17) is 9.47 Å². The first kappa shape index (κ1) is 23.6. The van der Waals surface area contributed by atoms with Crippen LogP contribution in [0.4, 0.5) is 0 Å². The van der Waals surface area contributed by atoms with E-state index >= 15 is 0 Å². The van der Waals surface area contributed by atoms with E-state index in [9.17, 15) is 14.7 Å². The van der Waals surface area contributed by atoms with Crippen LogP contribution in [0.15, 0.2) is 12.1 Å². The summed E-state index contributed by atoms with van der Waals surface area (Å²) in [6.07, 6.45) is 4.17. The van der Waals surface area contributed by atoms with Gasteiger partial charge in [-0.2, -0.15) is 0 Å². The van der Waals surface area contributed by atoms with Crippen molar-refractivity contribution in [3.05, 3.63) is 17.7 Å². The lowest BCUT2D eigenvalue weighted by Crippen LogP contribution is -2.56. The number of carbonyl (C=O) groups excluding carboxylic acids is 2. The fourth-order valence-corrected chi connectivity index (χ4v) is 4.87. The first-order chi connectivity index (χ1) is 16.0. The highest BCUT2D eigenvalue weighted by atomic mass is 16.5. The van der Waals surface area contributed by atoms with Gasteiger partial charge < -0.3 is 24.4 Å². The van der Waals surface area contributed by atoms with Crippen LogP contribution in [-0.2, 0) is 16.0 Å². The maximum Gasteiger partial charge on any atom is 0.236 e. The zero-order chi connectivity index (χ0) is 23.4. The first-order valence-electron chi connectivity index (χ1n) is 11.9. The number of phenolic OH excluding ortho intramolecular Hbond substituents is 1. The minimum Gasteiger partial charge on any atom is -0.502 e. The van der Waals surface area contributed by atoms with Crippen LogP contribution in [0, 0.1) is 0 Å². The molecule has 0 aromatic heterocycles. The maximum atomic E-state index is 12.8. The highest BCUT2D eigenvalue weighted by Crippen LogP contribution is 2.37. The molecule has 1 aromatic rings. The number of hydrogen-bond acceptors (Lipinski definition) is 7. The summed E-state index contributed by atoms with van der Waals surface area (Å²) in [6, 6.07) is 4.07. The number of ether oxygens (including phenoxy) is 2. The summed E-state index contributed by atoms with van der Waals surface area (Å²) in [5, 5.41) is 10.1. The molecule has 9 heteroatoms. The molecule has 1 saturated carbocycles. The van der Waals surface area contributed by atoms with Gasteiger partial charge in [0.2, 0.25) is 17.6 Å². The van der Waals surface area contributed by atoms with Crippen molar-refractivity contribution in [2.24, 2.45) is 0 Å². The van der Waals surface area contributed by atoms with Gasteiger partial charge in [0.15, 0.2) is 11.5 Å². The predicted octanol–water partition coefficient (Wildman–Crippen LogP) is 0.793. The molecule has 2 heterocycles. The average molecular weight is 461 g/mol. The molecule has 2 amide bonds. The number of benzene rings is 1. The highest BCUT2D eigenvalue weighted by Gasteiger charge is 2.30. The zero-order valence-corrected chi connectivity index (χ0v) is 19.8. The van der Waals surface area contributed by atoms with Crippen LogP contribution in [0.1, 0.15) is 24.8 Å². The van der Waals surface area contributed by atoms with Crippen LogP contribution >= 0.6 is 0 Å². The van der Waals surface area contributed by atoms with Crippen LogP contribution in [0.5, 0.6) is 17.2 Å². The number of rotatable bonds is 7. The molecule has 0 radical (unpaired) electrons. The van der Waals surface area contributed by atoms with Gasteiger partial charge in [-0.25, -0.2) is 0 Å². The first-order valence-corrected chi connectivity index (χ1v) is 11.9. The second kappa shape index (κ2) is 10.6. The molecule has 0 unspecified atom stereocenters. The number of nitrogens with zero attached hydrogens (tertiary/aromatic N) is 4. The van der Waals surface area contributed by atoms with Gasteiger partial charge in [-0.05, 0) is 30.5 Å². The van der Waals surface area contributed by atoms with Crippen LogP contribution in [0.2, 0.25) is 0 Å². The Balaban J connectivity index is 1.22. The van der Waals surface area contributed by atoms with Gasteiger partial charge in [0, 0.05) is 58.4 Å². The molecule has 9 nitrogen and oxygen atoms in total. The Morgan fingerprint density at radius 3 is 1.94 bits per heavy atom. The van der Waals surface area contributed by atoms with Gasteiger partial charge in [0.05, 0.1) is 27.2 Å². The fourth-order valence-electron chi connectivity index (χ4n) is 4.87. The van der Waals surface area contributed by atoms with Gasteiger partial charge in [0.1, 0.15) is 0 Å². The molecule has 33 heavy (non-hydrogen) atoms. The Hall–Kier alpha value is -2.52. The Morgan fingerprint density at radius 2 is 1.42 bits per heavy atom. The van der Waals surface area contributed by atoms with E-state index in [0.29, 0.717) is 32.7 Å². The molecule has 3 aliphatic rings. The molecule has 4 rings (SSSR count). The summed E-state index contributed by atoms with van der Waals surface area (Å²) < 4.78 is 10.4. The van der Waals surface area contributed by atoms with Crippen molar-refractivity contribution < 1.29 is 24.2 Å². The molecule has 3 fully saturated rings. The maximum absolute atomic E-state index is 12.8. The number of aromatic hydroxyl groups is 1. The van der Waals surface area contributed by atoms with E-state index in [0.717, 1.165) is 37.8 Å². The lowest BCUT2D eigenvalue weighted by molar-refractivity contribution is -0.136. The minimum atomic E-state index is -0.0704. The lowest BCUT2D eigenvalue weighted by Gasteiger charge is -2.43. The predicted molar refractivity (Wildman–Crippen MR) is 124 cm³/mol. The number of carbonyl (C=O) groups is 2. The number of amides is 2. The zero-order valence-electron chi connectivity index (χ0n) is 19.8. The van der Waals surface area contributed by atoms with E-state index in [-0.39, 0.29) is 35.5 Å². The van der Waals surface area contributed by atoms with Crippen molar-refractivity contribution in [1.82, 2.24) is 19.6 Å². The molecule has 0 atom stereocenters. The van der Waals surface area contributed by atoms with E-state index in [1.54, 1.807) is 12.1 Å². The number of hydrogen-bond donors (Lipinski definition) is 1. The third kappa shape index (κ3) is 5.52. The molecular formula is C24H36N4O5. The molecule has 0 spiro atoms. The van der Waals surface area contributed by atoms with Crippen LogP contribution in [0.25, 0.3) is 0 Å². The monoisotopic (exact) mass is 460 g/mol. The largest absolute Gasteiger partial charge is 0.502 e. The summed E-state index contributed by atoms with van der Waals surface area (Å²) in [6.45, 7) is 6.67. The van der Waals surface area contributed by atoms with Crippen LogP contribution in [0.3, 0.4) is 0 Å². The van der Waals surface area contributed by atoms with Crippen LogP contribution in [-0.4, -0.2) is 116 Å². The summed E-state index contributed by atoms with van der Waals surface area (Å²) in [7, 11) is 2.93. The smallest absolute Gasteiger partial charge is 0.236 e. The third-order valence-corrected chi connectivity index (χ3v) is 7.24. The Bertz CT molecular complexity index is 818. The molecule has 2 aliphatic heterocycles. The summed E-state index contributed by atoms with van der Waals surface area (Å²) in [5.74, 6) is 0.719. The van der Waals surface area contributed by atoms with Crippen molar-refractivity contribution in [2.45, 2.75) is 31.7 Å². The van der Waals surface area contributed by atoms with Gasteiger partial charge >= 0.3 is 0 Å². The van der Waals surface area contributed by atoms with E-state index in [2.05, 4.69) is 9.80 Å².